The van der Waals surface area contributed by atoms with E-state index in [1.807, 2.05) is 0 Å². The van der Waals surface area contributed by atoms with E-state index in [0.717, 1.165) is 0 Å². The van der Waals surface area contributed by atoms with Gasteiger partial charge in [0.15, 0.2) is 0 Å². The van der Waals surface area contributed by atoms with Crippen molar-refractivity contribution in [2.75, 3.05) is 7.11 Å². The predicted molar refractivity (Wildman–Crippen MR) is 89.9 cm³/mol. The van der Waals surface area contributed by atoms with Gasteiger partial charge < -0.3 is 15.2 Å². The van der Waals surface area contributed by atoms with Crippen molar-refractivity contribution in [3.8, 4) is 5.75 Å². The van der Waals surface area contributed by atoms with Gasteiger partial charge in [0.25, 0.3) is 11.7 Å². The number of methoxy groups -OCH3 is 1. The van der Waals surface area contributed by atoms with Gasteiger partial charge in [-0.2, -0.15) is 0 Å². The summed E-state index contributed by atoms with van der Waals surface area (Å²) in [7, 11) is 1.55. The largest absolute Gasteiger partial charge is 0.507 e. The molecule has 1 atom stereocenters. The lowest BCUT2D eigenvalue weighted by molar-refractivity contribution is -0.133. The fraction of sp³-hybridized carbons (Fsp3) is 0.111. The lowest BCUT2D eigenvalue weighted by Gasteiger charge is -2.14. The van der Waals surface area contributed by atoms with Crippen LogP contribution in [-0.4, -0.2) is 23.9 Å². The third kappa shape index (κ3) is 2.86. The molecule has 24 heavy (non-hydrogen) atoms. The molecular weight excluding hydrogens is 330 g/mol. The summed E-state index contributed by atoms with van der Waals surface area (Å²) >= 11 is 5.84. The molecule has 1 saturated heterocycles. The molecule has 1 fully saturated rings. The van der Waals surface area contributed by atoms with E-state index in [-0.39, 0.29) is 11.3 Å². The maximum absolute atomic E-state index is 12.2. The van der Waals surface area contributed by atoms with E-state index in [2.05, 4.69) is 5.32 Å². The van der Waals surface area contributed by atoms with Crippen molar-refractivity contribution in [3.05, 3.63) is 70.3 Å². The van der Waals surface area contributed by atoms with Crippen LogP contribution in [0.15, 0.2) is 54.1 Å². The number of rotatable bonds is 3. The smallest absolute Gasteiger partial charge is 0.293 e. The van der Waals surface area contributed by atoms with Gasteiger partial charge in [0.05, 0.1) is 18.7 Å². The van der Waals surface area contributed by atoms with Crippen LogP contribution in [-0.2, 0) is 9.59 Å². The van der Waals surface area contributed by atoms with Crippen LogP contribution in [0.3, 0.4) is 0 Å². The maximum Gasteiger partial charge on any atom is 0.293 e. The molecule has 1 amide bonds. The van der Waals surface area contributed by atoms with Crippen molar-refractivity contribution in [1.82, 2.24) is 5.32 Å². The Morgan fingerprint density at radius 1 is 1.08 bits per heavy atom. The molecule has 0 aliphatic carbocycles. The molecule has 5 nitrogen and oxygen atoms in total. The molecule has 2 aromatic carbocycles. The highest BCUT2D eigenvalue weighted by Crippen LogP contribution is 2.33. The summed E-state index contributed by atoms with van der Waals surface area (Å²) in [5.41, 5.74) is 1.11. The van der Waals surface area contributed by atoms with Crippen LogP contribution < -0.4 is 10.1 Å². The average molecular weight is 344 g/mol. The Labute approximate surface area is 143 Å². The Morgan fingerprint density at radius 3 is 2.29 bits per heavy atom. The fourth-order valence-electron chi connectivity index (χ4n) is 2.58. The number of halogens is 1. The van der Waals surface area contributed by atoms with Crippen molar-refractivity contribution >= 4 is 29.1 Å². The Kier molecular flexibility index (Phi) is 4.27. The van der Waals surface area contributed by atoms with Crippen LogP contribution >= 0.6 is 11.6 Å². The average Bonchev–Trinajstić information content (AvgIpc) is 2.90. The van der Waals surface area contributed by atoms with Crippen LogP contribution in [0.25, 0.3) is 5.76 Å². The number of aliphatic hydroxyl groups excluding tert-OH is 1. The first kappa shape index (κ1) is 16.1. The van der Waals surface area contributed by atoms with Gasteiger partial charge in [-0.1, -0.05) is 23.7 Å². The SMILES string of the molecule is COc1ccc(C2NC(=O)C(=O)/C2=C(/O)c2ccc(Cl)cc2)cc1. The van der Waals surface area contributed by atoms with Gasteiger partial charge in [0.1, 0.15) is 11.5 Å². The summed E-state index contributed by atoms with van der Waals surface area (Å²) < 4.78 is 5.10. The number of nitrogens with one attached hydrogen (secondary N) is 1. The molecule has 0 saturated carbocycles. The highest BCUT2D eigenvalue weighted by atomic mass is 35.5. The van der Waals surface area contributed by atoms with E-state index >= 15 is 0 Å². The fourth-order valence-corrected chi connectivity index (χ4v) is 2.70. The molecule has 1 aliphatic rings. The van der Waals surface area contributed by atoms with Gasteiger partial charge in [-0.15, -0.1) is 0 Å². The third-order valence-corrected chi connectivity index (χ3v) is 4.09. The quantitative estimate of drug-likeness (QED) is 0.510. The predicted octanol–water partition coefficient (Wildman–Crippen LogP) is 3.06. The Balaban J connectivity index is 2.07. The van der Waals surface area contributed by atoms with E-state index in [9.17, 15) is 14.7 Å². The number of aliphatic hydroxyl groups is 1. The number of amides is 1. The molecule has 3 rings (SSSR count). The number of ether oxygens (including phenoxy) is 1. The summed E-state index contributed by atoms with van der Waals surface area (Å²) in [6.45, 7) is 0. The molecule has 122 valence electrons. The Morgan fingerprint density at radius 2 is 1.71 bits per heavy atom. The number of benzene rings is 2. The molecule has 1 heterocycles. The van der Waals surface area contributed by atoms with E-state index in [1.165, 1.54) is 0 Å². The van der Waals surface area contributed by atoms with Gasteiger partial charge in [0, 0.05) is 10.6 Å². The van der Waals surface area contributed by atoms with Crippen LogP contribution in [0, 0.1) is 0 Å². The minimum atomic E-state index is -0.747. The minimum Gasteiger partial charge on any atom is -0.507 e. The normalized spacial score (nSPS) is 19.2. The second-order valence-corrected chi connectivity index (χ2v) is 5.71. The summed E-state index contributed by atoms with van der Waals surface area (Å²) in [5.74, 6) is -1.08. The number of carbonyl (C=O) groups is 2. The van der Waals surface area contributed by atoms with Gasteiger partial charge in [-0.25, -0.2) is 0 Å². The molecule has 0 bridgehead atoms. The standard InChI is InChI=1S/C18H14ClNO4/c1-24-13-8-4-10(5-9-13)15-14(17(22)18(23)20-15)16(21)11-2-6-12(19)7-3-11/h2-9,15,21H,1H3,(H,20,23)/b16-14+. The van der Waals surface area contributed by atoms with E-state index in [4.69, 9.17) is 16.3 Å². The van der Waals surface area contributed by atoms with Crippen molar-refractivity contribution in [2.45, 2.75) is 6.04 Å². The Hall–Kier alpha value is -2.79. The molecule has 2 aromatic rings. The molecule has 1 unspecified atom stereocenters. The van der Waals surface area contributed by atoms with Crippen molar-refractivity contribution in [3.63, 3.8) is 0 Å². The molecule has 6 heteroatoms. The number of ketones is 1. The second kappa shape index (κ2) is 6.37. The first-order chi connectivity index (χ1) is 11.5. The zero-order chi connectivity index (χ0) is 17.3. The number of carbonyl (C=O) groups excluding carboxylic acids is 2. The molecule has 0 aromatic heterocycles. The number of hydrogen-bond donors (Lipinski definition) is 2. The van der Waals surface area contributed by atoms with E-state index in [0.29, 0.717) is 21.9 Å². The number of hydrogen-bond acceptors (Lipinski definition) is 4. The first-order valence-electron chi connectivity index (χ1n) is 7.19. The lowest BCUT2D eigenvalue weighted by atomic mass is 9.96. The Bertz CT molecular complexity index is 825. The highest BCUT2D eigenvalue weighted by molar-refractivity contribution is 6.46. The van der Waals surface area contributed by atoms with Crippen LogP contribution in [0.2, 0.25) is 5.02 Å². The third-order valence-electron chi connectivity index (χ3n) is 3.84. The van der Waals surface area contributed by atoms with Gasteiger partial charge in [0.2, 0.25) is 0 Å². The summed E-state index contributed by atoms with van der Waals surface area (Å²) in [4.78, 5) is 24.0. The first-order valence-corrected chi connectivity index (χ1v) is 7.57. The molecule has 2 N–H and O–H groups in total. The van der Waals surface area contributed by atoms with E-state index in [1.54, 1.807) is 55.6 Å². The van der Waals surface area contributed by atoms with Crippen molar-refractivity contribution in [2.24, 2.45) is 0 Å². The van der Waals surface area contributed by atoms with Gasteiger partial charge in [-0.05, 0) is 42.0 Å². The lowest BCUT2D eigenvalue weighted by Crippen LogP contribution is -2.21. The zero-order valence-corrected chi connectivity index (χ0v) is 13.5. The van der Waals surface area contributed by atoms with Crippen molar-refractivity contribution < 1.29 is 19.4 Å². The maximum atomic E-state index is 12.2. The van der Waals surface area contributed by atoms with Crippen LogP contribution in [0.4, 0.5) is 0 Å². The topological polar surface area (TPSA) is 75.6 Å². The van der Waals surface area contributed by atoms with Gasteiger partial charge in [-0.3, -0.25) is 9.59 Å². The second-order valence-electron chi connectivity index (χ2n) is 5.28. The van der Waals surface area contributed by atoms with Crippen molar-refractivity contribution in [1.29, 1.82) is 0 Å². The zero-order valence-electron chi connectivity index (χ0n) is 12.7. The summed E-state index contributed by atoms with van der Waals surface area (Å²) in [5, 5.41) is 13.6. The monoisotopic (exact) mass is 343 g/mol. The van der Waals surface area contributed by atoms with Crippen LogP contribution in [0.5, 0.6) is 5.75 Å². The van der Waals surface area contributed by atoms with E-state index < -0.39 is 17.7 Å². The molecule has 1 aliphatic heterocycles. The summed E-state index contributed by atoms with van der Waals surface area (Å²) in [6, 6.07) is 12.6. The molecule has 0 spiro atoms. The van der Waals surface area contributed by atoms with Crippen LogP contribution in [0.1, 0.15) is 17.2 Å². The summed E-state index contributed by atoms with van der Waals surface area (Å²) in [6.07, 6.45) is 0. The number of Topliss-reactive ketones (excluding diaryl/α,β-unsaturated/α-hetero) is 1. The molecule has 0 radical (unpaired) electrons. The highest BCUT2D eigenvalue weighted by Gasteiger charge is 2.39. The molecular formula is C18H14ClNO4. The van der Waals surface area contributed by atoms with Gasteiger partial charge >= 0.3 is 0 Å². The minimum absolute atomic E-state index is 0.0208.